The lowest BCUT2D eigenvalue weighted by Gasteiger charge is -2.26. The quantitative estimate of drug-likeness (QED) is 0.868. The Morgan fingerprint density at radius 3 is 2.90 bits per heavy atom. The molecule has 1 fully saturated rings. The third-order valence-electron chi connectivity index (χ3n) is 3.77. The van der Waals surface area contributed by atoms with E-state index < -0.39 is 6.04 Å². The first-order valence-corrected chi connectivity index (χ1v) is 7.43. The van der Waals surface area contributed by atoms with Crippen LogP contribution in [0, 0.1) is 5.92 Å². The van der Waals surface area contributed by atoms with Gasteiger partial charge in [0.05, 0.1) is 13.2 Å². The fraction of sp³-hybridized carbons (Fsp3) is 0.533. The minimum absolute atomic E-state index is 0.149. The summed E-state index contributed by atoms with van der Waals surface area (Å²) < 4.78 is 10.5. The van der Waals surface area contributed by atoms with Gasteiger partial charge >= 0.3 is 0 Å². The molecule has 0 aliphatic carbocycles. The molecule has 116 valence electrons. The minimum Gasteiger partial charge on any atom is -0.496 e. The molecule has 0 aromatic heterocycles. The number of carbonyl (C=O) groups is 1. The van der Waals surface area contributed by atoms with Crippen LogP contribution in [0.1, 0.15) is 18.4 Å². The highest BCUT2D eigenvalue weighted by Gasteiger charge is 2.26. The Bertz CT molecular complexity index is 490. The van der Waals surface area contributed by atoms with Gasteiger partial charge in [0.15, 0.2) is 0 Å². The van der Waals surface area contributed by atoms with Crippen LogP contribution in [0.3, 0.4) is 0 Å². The van der Waals surface area contributed by atoms with Gasteiger partial charge in [0.2, 0.25) is 5.91 Å². The van der Waals surface area contributed by atoms with Gasteiger partial charge in [-0.25, -0.2) is 0 Å². The summed E-state index contributed by atoms with van der Waals surface area (Å²) in [6.45, 7) is 1.70. The van der Waals surface area contributed by atoms with Crippen molar-refractivity contribution < 1.29 is 14.3 Å². The van der Waals surface area contributed by atoms with E-state index in [1.165, 1.54) is 0 Å². The summed E-state index contributed by atoms with van der Waals surface area (Å²) in [5.74, 6) is 0.725. The third kappa shape index (κ3) is 4.33. The van der Waals surface area contributed by atoms with E-state index in [0.717, 1.165) is 18.4 Å². The Hall–Kier alpha value is -1.30. The zero-order chi connectivity index (χ0) is 15.2. The van der Waals surface area contributed by atoms with Crippen LogP contribution in [0.15, 0.2) is 18.2 Å². The van der Waals surface area contributed by atoms with E-state index in [1.807, 2.05) is 0 Å². The highest BCUT2D eigenvalue weighted by molar-refractivity contribution is 6.30. The van der Waals surface area contributed by atoms with Crippen molar-refractivity contribution in [2.75, 3.05) is 20.3 Å². The Labute approximate surface area is 129 Å². The molecule has 0 radical (unpaired) electrons. The van der Waals surface area contributed by atoms with Gasteiger partial charge in [0.1, 0.15) is 5.75 Å². The molecule has 1 aromatic rings. The summed E-state index contributed by atoms with van der Waals surface area (Å²) in [6.07, 6.45) is 1.66. The molecule has 1 atom stereocenters. The van der Waals surface area contributed by atoms with Gasteiger partial charge in [-0.05, 0) is 37.0 Å². The monoisotopic (exact) mass is 312 g/mol. The van der Waals surface area contributed by atoms with Gasteiger partial charge < -0.3 is 20.5 Å². The molecule has 1 heterocycles. The summed E-state index contributed by atoms with van der Waals surface area (Å²) in [6, 6.07) is 4.81. The van der Waals surface area contributed by atoms with Gasteiger partial charge in [-0.15, -0.1) is 0 Å². The predicted molar refractivity (Wildman–Crippen MR) is 81.4 cm³/mol. The zero-order valence-electron chi connectivity index (χ0n) is 12.1. The Balaban J connectivity index is 1.92. The van der Waals surface area contributed by atoms with Crippen LogP contribution in [0.5, 0.6) is 5.75 Å². The fourth-order valence-corrected chi connectivity index (χ4v) is 2.67. The molecule has 21 heavy (non-hydrogen) atoms. The van der Waals surface area contributed by atoms with E-state index in [9.17, 15) is 4.79 Å². The first-order valence-electron chi connectivity index (χ1n) is 7.05. The molecule has 3 N–H and O–H groups in total. The summed E-state index contributed by atoms with van der Waals surface area (Å²) in [5, 5.41) is 3.46. The molecule has 1 unspecified atom stereocenters. The lowest BCUT2D eigenvalue weighted by Crippen LogP contribution is -2.46. The summed E-state index contributed by atoms with van der Waals surface area (Å²) in [7, 11) is 1.59. The fourth-order valence-electron chi connectivity index (χ4n) is 2.47. The average Bonchev–Trinajstić information content (AvgIpc) is 2.52. The molecule has 1 saturated heterocycles. The van der Waals surface area contributed by atoms with Crippen molar-refractivity contribution in [1.82, 2.24) is 5.32 Å². The largest absolute Gasteiger partial charge is 0.496 e. The molecule has 1 aliphatic rings. The second-order valence-corrected chi connectivity index (χ2v) is 5.59. The number of carbonyl (C=O) groups excluding carboxylic acids is 1. The molecule has 1 aliphatic heterocycles. The number of rotatable bonds is 5. The van der Waals surface area contributed by atoms with Crippen molar-refractivity contribution in [1.29, 1.82) is 0 Å². The van der Waals surface area contributed by atoms with Crippen LogP contribution in [0.4, 0.5) is 0 Å². The van der Waals surface area contributed by atoms with Crippen molar-refractivity contribution in [3.63, 3.8) is 0 Å². The molecule has 0 saturated carbocycles. The van der Waals surface area contributed by atoms with Crippen molar-refractivity contribution in [3.05, 3.63) is 28.8 Å². The molecule has 6 heteroatoms. The molecule has 0 spiro atoms. The third-order valence-corrected chi connectivity index (χ3v) is 4.01. The Morgan fingerprint density at radius 1 is 1.52 bits per heavy atom. The van der Waals surface area contributed by atoms with Crippen LogP contribution in [-0.4, -0.2) is 32.3 Å². The van der Waals surface area contributed by atoms with E-state index in [0.29, 0.717) is 30.5 Å². The number of benzene rings is 1. The topological polar surface area (TPSA) is 73.6 Å². The maximum absolute atomic E-state index is 12.1. The molecule has 0 bridgehead atoms. The summed E-state index contributed by atoms with van der Waals surface area (Å²) >= 11 is 5.97. The zero-order valence-corrected chi connectivity index (χ0v) is 12.9. The van der Waals surface area contributed by atoms with Crippen molar-refractivity contribution in [2.45, 2.75) is 25.4 Å². The van der Waals surface area contributed by atoms with Crippen molar-refractivity contribution >= 4 is 17.5 Å². The first kappa shape index (κ1) is 16.1. The highest BCUT2D eigenvalue weighted by Crippen LogP contribution is 2.23. The number of hydrogen-bond donors (Lipinski definition) is 2. The van der Waals surface area contributed by atoms with E-state index in [1.54, 1.807) is 25.3 Å². The number of ether oxygens (including phenoxy) is 2. The van der Waals surface area contributed by atoms with E-state index in [4.69, 9.17) is 26.8 Å². The Kier molecular flexibility index (Phi) is 5.85. The smallest absolute Gasteiger partial charge is 0.237 e. The maximum Gasteiger partial charge on any atom is 0.237 e. The lowest BCUT2D eigenvalue weighted by atomic mass is 9.92. The number of hydrogen-bond acceptors (Lipinski definition) is 4. The second kappa shape index (κ2) is 7.64. The number of halogens is 1. The van der Waals surface area contributed by atoms with Gasteiger partial charge in [0.25, 0.3) is 0 Å². The van der Waals surface area contributed by atoms with Crippen LogP contribution in [0.25, 0.3) is 0 Å². The molecule has 5 nitrogen and oxygen atoms in total. The molecule has 1 aromatic carbocycles. The molecular weight excluding hydrogens is 292 g/mol. The number of methoxy groups -OCH3 is 1. The SMILES string of the molecule is COc1ccc(Cl)cc1CNC(=O)C(N)C1CCOCC1. The molecular formula is C15H21ClN2O3. The number of nitrogens with one attached hydrogen (secondary N) is 1. The summed E-state index contributed by atoms with van der Waals surface area (Å²) in [5.41, 5.74) is 6.86. The lowest BCUT2D eigenvalue weighted by molar-refractivity contribution is -0.124. The standard InChI is InChI=1S/C15H21ClN2O3/c1-20-13-3-2-12(16)8-11(13)9-18-15(19)14(17)10-4-6-21-7-5-10/h2-3,8,10,14H,4-7,9,17H2,1H3,(H,18,19). The second-order valence-electron chi connectivity index (χ2n) is 5.15. The van der Waals surface area contributed by atoms with Gasteiger partial charge in [-0.1, -0.05) is 11.6 Å². The minimum atomic E-state index is -0.501. The normalized spacial score (nSPS) is 17.3. The van der Waals surface area contributed by atoms with E-state index >= 15 is 0 Å². The van der Waals surface area contributed by atoms with Gasteiger partial charge in [0, 0.05) is 30.3 Å². The van der Waals surface area contributed by atoms with Crippen LogP contribution >= 0.6 is 11.6 Å². The predicted octanol–water partition coefficient (Wildman–Crippen LogP) is 1.72. The average molecular weight is 313 g/mol. The number of amides is 1. The maximum atomic E-state index is 12.1. The van der Waals surface area contributed by atoms with Crippen LogP contribution < -0.4 is 15.8 Å². The van der Waals surface area contributed by atoms with E-state index in [2.05, 4.69) is 5.32 Å². The van der Waals surface area contributed by atoms with Gasteiger partial charge in [-0.2, -0.15) is 0 Å². The van der Waals surface area contributed by atoms with Gasteiger partial charge in [-0.3, -0.25) is 4.79 Å². The first-order chi connectivity index (χ1) is 10.1. The Morgan fingerprint density at radius 2 is 2.24 bits per heavy atom. The van der Waals surface area contributed by atoms with Crippen molar-refractivity contribution in [2.24, 2.45) is 11.7 Å². The van der Waals surface area contributed by atoms with Crippen LogP contribution in [-0.2, 0) is 16.1 Å². The van der Waals surface area contributed by atoms with Crippen LogP contribution in [0.2, 0.25) is 5.02 Å². The summed E-state index contributed by atoms with van der Waals surface area (Å²) in [4.78, 5) is 12.1. The molecule has 2 rings (SSSR count). The van der Waals surface area contributed by atoms with E-state index in [-0.39, 0.29) is 11.8 Å². The number of nitrogens with two attached hydrogens (primary N) is 1. The molecule has 1 amide bonds. The highest BCUT2D eigenvalue weighted by atomic mass is 35.5. The van der Waals surface area contributed by atoms with Crippen molar-refractivity contribution in [3.8, 4) is 5.75 Å².